The number of hydrogen-bond donors (Lipinski definition) is 1. The summed E-state index contributed by atoms with van der Waals surface area (Å²) >= 11 is 1.80. The van der Waals surface area contributed by atoms with Crippen LogP contribution in [0.4, 0.5) is 0 Å². The fourth-order valence-corrected chi connectivity index (χ4v) is 3.49. The van der Waals surface area contributed by atoms with Crippen LogP contribution < -0.4 is 5.32 Å². The second-order valence-electron chi connectivity index (χ2n) is 4.53. The number of aromatic nitrogens is 1. The highest BCUT2D eigenvalue weighted by molar-refractivity contribution is 7.12. The molecule has 1 fully saturated rings. The number of nitrogens with zero attached hydrogens (tertiary/aromatic N) is 1. The van der Waals surface area contributed by atoms with Gasteiger partial charge in [0.05, 0.1) is 5.69 Å². The monoisotopic (exact) mass is 240 g/mol. The van der Waals surface area contributed by atoms with Crippen LogP contribution in [-0.4, -0.2) is 19.1 Å². The van der Waals surface area contributed by atoms with Crippen molar-refractivity contribution in [1.29, 1.82) is 0 Å². The zero-order valence-corrected chi connectivity index (χ0v) is 11.3. The van der Waals surface area contributed by atoms with Gasteiger partial charge < -0.3 is 10.1 Å². The summed E-state index contributed by atoms with van der Waals surface area (Å²) in [6.07, 6.45) is 3.48. The molecule has 0 aromatic carbocycles. The van der Waals surface area contributed by atoms with E-state index < -0.39 is 0 Å². The first kappa shape index (κ1) is 12.0. The van der Waals surface area contributed by atoms with Gasteiger partial charge in [-0.25, -0.2) is 4.98 Å². The highest BCUT2D eigenvalue weighted by atomic mass is 32.1. The molecule has 0 saturated heterocycles. The maximum absolute atomic E-state index is 5.67. The summed E-state index contributed by atoms with van der Waals surface area (Å²) in [6, 6.07) is 0.375. The molecule has 1 heterocycles. The van der Waals surface area contributed by atoms with Crippen LogP contribution in [0.15, 0.2) is 0 Å². The molecule has 4 heteroatoms. The predicted molar refractivity (Wildman–Crippen MR) is 66.9 cm³/mol. The Kier molecular flexibility index (Phi) is 3.33. The van der Waals surface area contributed by atoms with E-state index in [4.69, 9.17) is 9.72 Å². The van der Waals surface area contributed by atoms with Crippen molar-refractivity contribution in [1.82, 2.24) is 10.3 Å². The fraction of sp³-hybridized carbons (Fsp3) is 0.750. The molecule has 0 amide bonds. The number of methoxy groups -OCH3 is 1. The van der Waals surface area contributed by atoms with Crippen LogP contribution in [0.3, 0.4) is 0 Å². The summed E-state index contributed by atoms with van der Waals surface area (Å²) in [7, 11) is 3.79. The van der Waals surface area contributed by atoms with E-state index in [2.05, 4.69) is 19.2 Å². The molecule has 0 spiro atoms. The Morgan fingerprint density at radius 3 is 2.62 bits per heavy atom. The van der Waals surface area contributed by atoms with Gasteiger partial charge in [0.15, 0.2) is 0 Å². The lowest BCUT2D eigenvalue weighted by Crippen LogP contribution is -2.35. The van der Waals surface area contributed by atoms with Crippen LogP contribution in [0, 0.1) is 6.92 Å². The first-order valence-electron chi connectivity index (χ1n) is 5.83. The Balaban J connectivity index is 2.30. The third kappa shape index (κ3) is 1.79. The van der Waals surface area contributed by atoms with Crippen LogP contribution >= 0.6 is 11.3 Å². The molecule has 0 aliphatic heterocycles. The van der Waals surface area contributed by atoms with Crippen molar-refractivity contribution in [2.45, 2.75) is 44.8 Å². The largest absolute Gasteiger partial charge is 0.371 e. The molecule has 0 radical (unpaired) electrons. The lowest BCUT2D eigenvalue weighted by Gasteiger charge is -2.38. The molecule has 1 aromatic rings. The van der Waals surface area contributed by atoms with Crippen molar-refractivity contribution in [2.75, 3.05) is 14.2 Å². The maximum Gasteiger partial charge on any atom is 0.125 e. The van der Waals surface area contributed by atoms with Gasteiger partial charge in [0.2, 0.25) is 0 Å². The molecule has 1 aliphatic rings. The fourth-order valence-electron chi connectivity index (χ4n) is 2.14. The van der Waals surface area contributed by atoms with Gasteiger partial charge in [0, 0.05) is 18.0 Å². The summed E-state index contributed by atoms with van der Waals surface area (Å²) in [6.45, 7) is 4.26. The number of aryl methyl sites for hydroxylation is 1. The summed E-state index contributed by atoms with van der Waals surface area (Å²) in [5.74, 6) is 0. The number of hydrogen-bond acceptors (Lipinski definition) is 4. The molecule has 3 nitrogen and oxygen atoms in total. The summed E-state index contributed by atoms with van der Waals surface area (Å²) in [5.41, 5.74) is 1.08. The standard InChI is InChI=1S/C12H20N2OS/c1-8(13-3)10-9(2)14-11(16-10)12(15-4)6-5-7-12/h8,13H,5-7H2,1-4H3. The lowest BCUT2D eigenvalue weighted by atomic mass is 9.80. The van der Waals surface area contributed by atoms with Crippen LogP contribution in [0.25, 0.3) is 0 Å². The van der Waals surface area contributed by atoms with E-state index in [9.17, 15) is 0 Å². The van der Waals surface area contributed by atoms with Crippen molar-refractivity contribution in [3.05, 3.63) is 15.6 Å². The summed E-state index contributed by atoms with van der Waals surface area (Å²) in [5, 5.41) is 4.43. The maximum atomic E-state index is 5.67. The van der Waals surface area contributed by atoms with E-state index >= 15 is 0 Å². The Morgan fingerprint density at radius 1 is 1.50 bits per heavy atom. The SMILES string of the molecule is CNC(C)c1sc(C2(OC)CCC2)nc1C. The normalized spacial score (nSPS) is 20.5. The third-order valence-corrected chi connectivity index (χ3v) is 5.13. The van der Waals surface area contributed by atoms with Crippen molar-refractivity contribution in [3.8, 4) is 0 Å². The van der Waals surface area contributed by atoms with Gasteiger partial charge in [-0.05, 0) is 40.2 Å². The minimum Gasteiger partial charge on any atom is -0.371 e. The minimum absolute atomic E-state index is 0.0683. The Morgan fingerprint density at radius 2 is 2.19 bits per heavy atom. The molecule has 1 aromatic heterocycles. The lowest BCUT2D eigenvalue weighted by molar-refractivity contribution is -0.0780. The molecular formula is C12H20N2OS. The van der Waals surface area contributed by atoms with E-state index in [0.717, 1.165) is 23.5 Å². The number of nitrogens with one attached hydrogen (secondary N) is 1. The predicted octanol–water partition coefficient (Wildman–Crippen LogP) is 2.76. The van der Waals surface area contributed by atoms with Gasteiger partial charge in [-0.2, -0.15) is 0 Å². The molecule has 1 N–H and O–H groups in total. The Bertz CT molecular complexity index is 366. The quantitative estimate of drug-likeness (QED) is 0.878. The number of thiazole rings is 1. The van der Waals surface area contributed by atoms with E-state index in [1.165, 1.54) is 11.3 Å². The van der Waals surface area contributed by atoms with Crippen LogP contribution in [0.5, 0.6) is 0 Å². The first-order chi connectivity index (χ1) is 7.63. The van der Waals surface area contributed by atoms with Crippen molar-refractivity contribution in [3.63, 3.8) is 0 Å². The van der Waals surface area contributed by atoms with E-state index in [1.54, 1.807) is 18.4 Å². The summed E-state index contributed by atoms with van der Waals surface area (Å²) < 4.78 is 5.67. The van der Waals surface area contributed by atoms with Gasteiger partial charge in [0.1, 0.15) is 10.6 Å². The summed E-state index contributed by atoms with van der Waals surface area (Å²) in [4.78, 5) is 6.03. The molecule has 0 bridgehead atoms. The minimum atomic E-state index is -0.0683. The Hall–Kier alpha value is -0.450. The molecular weight excluding hydrogens is 220 g/mol. The van der Waals surface area contributed by atoms with Gasteiger partial charge >= 0.3 is 0 Å². The van der Waals surface area contributed by atoms with Crippen molar-refractivity contribution >= 4 is 11.3 Å². The average Bonchev–Trinajstić information content (AvgIpc) is 2.59. The van der Waals surface area contributed by atoms with Gasteiger partial charge in [0.25, 0.3) is 0 Å². The zero-order valence-electron chi connectivity index (χ0n) is 10.5. The van der Waals surface area contributed by atoms with E-state index in [0.29, 0.717) is 6.04 Å². The number of ether oxygens (including phenoxy) is 1. The van der Waals surface area contributed by atoms with Gasteiger partial charge in [-0.1, -0.05) is 0 Å². The molecule has 1 saturated carbocycles. The van der Waals surface area contributed by atoms with Crippen molar-refractivity contribution < 1.29 is 4.74 Å². The molecule has 2 rings (SSSR count). The van der Waals surface area contributed by atoms with Crippen LogP contribution in [-0.2, 0) is 10.3 Å². The topological polar surface area (TPSA) is 34.1 Å². The van der Waals surface area contributed by atoms with Gasteiger partial charge in [-0.15, -0.1) is 11.3 Å². The third-order valence-electron chi connectivity index (χ3n) is 3.60. The highest BCUT2D eigenvalue weighted by Crippen LogP contribution is 2.46. The Labute approximate surface area is 101 Å². The smallest absolute Gasteiger partial charge is 0.125 e. The molecule has 90 valence electrons. The highest BCUT2D eigenvalue weighted by Gasteiger charge is 2.42. The van der Waals surface area contributed by atoms with Crippen LogP contribution in [0.2, 0.25) is 0 Å². The molecule has 1 atom stereocenters. The van der Waals surface area contributed by atoms with Crippen LogP contribution in [0.1, 0.15) is 47.8 Å². The van der Waals surface area contributed by atoms with E-state index in [1.807, 2.05) is 7.05 Å². The van der Waals surface area contributed by atoms with Crippen molar-refractivity contribution in [2.24, 2.45) is 0 Å². The average molecular weight is 240 g/mol. The molecule has 1 aliphatic carbocycles. The molecule has 16 heavy (non-hydrogen) atoms. The van der Waals surface area contributed by atoms with E-state index in [-0.39, 0.29) is 5.60 Å². The number of rotatable bonds is 4. The first-order valence-corrected chi connectivity index (χ1v) is 6.65. The molecule has 1 unspecified atom stereocenters. The van der Waals surface area contributed by atoms with Gasteiger partial charge in [-0.3, -0.25) is 0 Å². The second-order valence-corrected chi connectivity index (χ2v) is 5.56. The zero-order chi connectivity index (χ0) is 11.8. The second kappa shape index (κ2) is 4.43.